The van der Waals surface area contributed by atoms with Gasteiger partial charge in [0, 0.05) is 19.4 Å². The predicted molar refractivity (Wildman–Crippen MR) is 73.2 cm³/mol. The summed E-state index contributed by atoms with van der Waals surface area (Å²) in [6, 6.07) is 5.09. The molecule has 0 spiro atoms. The molecule has 0 unspecified atom stereocenters. The molecule has 2 aromatic rings. The molecule has 2 rings (SSSR count). The van der Waals surface area contributed by atoms with Crippen molar-refractivity contribution >= 4 is 10.9 Å². The average Bonchev–Trinajstić information content (AvgIpc) is 2.47. The van der Waals surface area contributed by atoms with Gasteiger partial charge in [-0.3, -0.25) is 4.79 Å². The summed E-state index contributed by atoms with van der Waals surface area (Å²) in [5.74, 6) is 0.951. The molecule has 0 aliphatic heterocycles. The topological polar surface area (TPSA) is 84.3 Å². The Labute approximate surface area is 115 Å². The van der Waals surface area contributed by atoms with E-state index in [0.717, 1.165) is 0 Å². The standard InChI is InChI=1S/C14H14N2O4/c1-18-3-4-20-13-6-11-10(5-12(13)19-2)14(17)9(7-15)8-16-11/h5-6,8H,3-4H2,1-2H3,(H,16,17). The Morgan fingerprint density at radius 2 is 2.05 bits per heavy atom. The highest BCUT2D eigenvalue weighted by Crippen LogP contribution is 2.30. The number of pyridine rings is 1. The van der Waals surface area contributed by atoms with Gasteiger partial charge in [-0.2, -0.15) is 5.26 Å². The number of methoxy groups -OCH3 is 2. The van der Waals surface area contributed by atoms with Crippen LogP contribution in [0, 0.1) is 11.3 Å². The van der Waals surface area contributed by atoms with Crippen molar-refractivity contribution in [1.82, 2.24) is 4.98 Å². The Morgan fingerprint density at radius 3 is 2.70 bits per heavy atom. The van der Waals surface area contributed by atoms with Crippen LogP contribution in [0.2, 0.25) is 0 Å². The summed E-state index contributed by atoms with van der Waals surface area (Å²) in [5, 5.41) is 9.25. The highest BCUT2D eigenvalue weighted by Gasteiger charge is 2.11. The molecule has 0 aliphatic carbocycles. The van der Waals surface area contributed by atoms with E-state index in [1.54, 1.807) is 19.2 Å². The van der Waals surface area contributed by atoms with Crippen LogP contribution in [-0.2, 0) is 4.74 Å². The van der Waals surface area contributed by atoms with Gasteiger partial charge in [-0.1, -0.05) is 0 Å². The van der Waals surface area contributed by atoms with Crippen molar-refractivity contribution in [1.29, 1.82) is 5.26 Å². The summed E-state index contributed by atoms with van der Waals surface area (Å²) in [4.78, 5) is 14.9. The largest absolute Gasteiger partial charge is 0.493 e. The van der Waals surface area contributed by atoms with Crippen molar-refractivity contribution in [2.75, 3.05) is 27.4 Å². The van der Waals surface area contributed by atoms with E-state index in [-0.39, 0.29) is 11.0 Å². The summed E-state index contributed by atoms with van der Waals surface area (Å²) in [6.07, 6.45) is 1.38. The Bertz CT molecular complexity index is 715. The van der Waals surface area contributed by atoms with Crippen molar-refractivity contribution in [3.63, 3.8) is 0 Å². The fraction of sp³-hybridized carbons (Fsp3) is 0.286. The minimum absolute atomic E-state index is 0.0626. The highest BCUT2D eigenvalue weighted by atomic mass is 16.5. The summed E-state index contributed by atoms with van der Waals surface area (Å²) in [5.41, 5.74) is 0.317. The molecule has 104 valence electrons. The van der Waals surface area contributed by atoms with Gasteiger partial charge in [0.25, 0.3) is 0 Å². The molecular formula is C14H14N2O4. The third-order valence-electron chi connectivity index (χ3n) is 2.83. The SMILES string of the molecule is COCCOc1cc2[nH]cc(C#N)c(=O)c2cc1OC. The van der Waals surface area contributed by atoms with Crippen LogP contribution in [-0.4, -0.2) is 32.4 Å². The Morgan fingerprint density at radius 1 is 1.25 bits per heavy atom. The second kappa shape index (κ2) is 6.08. The Balaban J connectivity index is 2.52. The van der Waals surface area contributed by atoms with E-state index in [0.29, 0.717) is 35.6 Å². The molecule has 0 atom stereocenters. The van der Waals surface area contributed by atoms with Gasteiger partial charge in [-0.15, -0.1) is 0 Å². The number of hydrogen-bond acceptors (Lipinski definition) is 5. The van der Waals surface area contributed by atoms with Gasteiger partial charge < -0.3 is 19.2 Å². The van der Waals surface area contributed by atoms with Gasteiger partial charge in [-0.05, 0) is 6.07 Å². The molecule has 6 heteroatoms. The molecule has 20 heavy (non-hydrogen) atoms. The number of aromatic nitrogens is 1. The van der Waals surface area contributed by atoms with Crippen LogP contribution in [0.15, 0.2) is 23.1 Å². The minimum atomic E-state index is -0.331. The molecule has 1 N–H and O–H groups in total. The fourth-order valence-electron chi connectivity index (χ4n) is 1.82. The second-order valence-electron chi connectivity index (χ2n) is 4.03. The molecule has 1 aromatic heterocycles. The van der Waals surface area contributed by atoms with Crippen LogP contribution in [0.1, 0.15) is 5.56 Å². The number of aromatic amines is 1. The zero-order valence-corrected chi connectivity index (χ0v) is 11.2. The number of nitrogens with zero attached hydrogens (tertiary/aromatic N) is 1. The molecule has 0 bridgehead atoms. The zero-order chi connectivity index (χ0) is 14.5. The van der Waals surface area contributed by atoms with Gasteiger partial charge >= 0.3 is 0 Å². The Hall–Kier alpha value is -2.52. The van der Waals surface area contributed by atoms with Crippen molar-refractivity contribution in [3.05, 3.63) is 34.1 Å². The first kappa shape index (κ1) is 13.9. The van der Waals surface area contributed by atoms with Crippen molar-refractivity contribution in [2.45, 2.75) is 0 Å². The maximum Gasteiger partial charge on any atom is 0.207 e. The molecule has 1 aromatic carbocycles. The van der Waals surface area contributed by atoms with Crippen LogP contribution in [0.4, 0.5) is 0 Å². The number of nitrogens with one attached hydrogen (secondary N) is 1. The molecule has 6 nitrogen and oxygen atoms in total. The van der Waals surface area contributed by atoms with Crippen LogP contribution >= 0.6 is 0 Å². The van der Waals surface area contributed by atoms with E-state index < -0.39 is 0 Å². The average molecular weight is 274 g/mol. The number of rotatable bonds is 5. The molecule has 0 saturated heterocycles. The lowest BCUT2D eigenvalue weighted by Crippen LogP contribution is -2.09. The van der Waals surface area contributed by atoms with Crippen molar-refractivity contribution < 1.29 is 14.2 Å². The first-order chi connectivity index (χ1) is 9.71. The van der Waals surface area contributed by atoms with E-state index in [4.69, 9.17) is 19.5 Å². The van der Waals surface area contributed by atoms with Gasteiger partial charge in [0.05, 0.1) is 24.6 Å². The summed E-state index contributed by atoms with van der Waals surface area (Å²) < 4.78 is 15.7. The molecule has 0 aliphatic rings. The lowest BCUT2D eigenvalue weighted by Gasteiger charge is -2.11. The lowest BCUT2D eigenvalue weighted by atomic mass is 10.1. The van der Waals surface area contributed by atoms with Crippen LogP contribution in [0.3, 0.4) is 0 Å². The maximum absolute atomic E-state index is 12.0. The fourth-order valence-corrected chi connectivity index (χ4v) is 1.82. The van der Waals surface area contributed by atoms with E-state index in [2.05, 4.69) is 4.98 Å². The Kier molecular flexibility index (Phi) is 4.23. The van der Waals surface area contributed by atoms with E-state index in [1.165, 1.54) is 13.3 Å². The molecular weight excluding hydrogens is 260 g/mol. The summed E-state index contributed by atoms with van der Waals surface area (Å²) in [6.45, 7) is 0.823. The number of hydrogen-bond donors (Lipinski definition) is 1. The highest BCUT2D eigenvalue weighted by molar-refractivity contribution is 5.83. The number of nitriles is 1. The van der Waals surface area contributed by atoms with Gasteiger partial charge in [-0.25, -0.2) is 0 Å². The second-order valence-corrected chi connectivity index (χ2v) is 4.03. The zero-order valence-electron chi connectivity index (χ0n) is 11.2. The monoisotopic (exact) mass is 274 g/mol. The normalized spacial score (nSPS) is 10.2. The molecule has 0 saturated carbocycles. The van der Waals surface area contributed by atoms with E-state index >= 15 is 0 Å². The third kappa shape index (κ3) is 2.58. The van der Waals surface area contributed by atoms with Crippen molar-refractivity contribution in [3.8, 4) is 17.6 Å². The van der Waals surface area contributed by atoms with Gasteiger partial charge in [0.1, 0.15) is 18.2 Å². The lowest BCUT2D eigenvalue weighted by molar-refractivity contribution is 0.144. The minimum Gasteiger partial charge on any atom is -0.493 e. The van der Waals surface area contributed by atoms with Crippen LogP contribution in [0.25, 0.3) is 10.9 Å². The maximum atomic E-state index is 12.0. The van der Waals surface area contributed by atoms with Crippen LogP contribution < -0.4 is 14.9 Å². The quantitative estimate of drug-likeness (QED) is 0.834. The molecule has 1 heterocycles. The predicted octanol–water partition coefficient (Wildman–Crippen LogP) is 1.43. The first-order valence-corrected chi connectivity index (χ1v) is 5.96. The summed E-state index contributed by atoms with van der Waals surface area (Å²) in [7, 11) is 3.08. The smallest absolute Gasteiger partial charge is 0.207 e. The third-order valence-corrected chi connectivity index (χ3v) is 2.83. The molecule has 0 amide bonds. The first-order valence-electron chi connectivity index (χ1n) is 5.96. The van der Waals surface area contributed by atoms with E-state index in [9.17, 15) is 4.79 Å². The van der Waals surface area contributed by atoms with E-state index in [1.807, 2.05) is 6.07 Å². The van der Waals surface area contributed by atoms with Crippen LogP contribution in [0.5, 0.6) is 11.5 Å². The number of fused-ring (bicyclic) bond motifs is 1. The number of ether oxygens (including phenoxy) is 3. The van der Waals surface area contributed by atoms with Crippen molar-refractivity contribution in [2.24, 2.45) is 0 Å². The van der Waals surface area contributed by atoms with Gasteiger partial charge in [0.2, 0.25) is 5.43 Å². The molecule has 0 fully saturated rings. The molecule has 0 radical (unpaired) electrons. The van der Waals surface area contributed by atoms with Gasteiger partial charge in [0.15, 0.2) is 11.5 Å². The number of H-pyrrole nitrogens is 1. The summed E-state index contributed by atoms with van der Waals surface area (Å²) >= 11 is 0. The number of benzene rings is 1.